The molecule has 0 unspecified atom stereocenters. The molecule has 3 aromatic carbocycles. The Hall–Kier alpha value is -2.84. The number of rotatable bonds is 4. The minimum absolute atomic E-state index is 0.858. The quantitative estimate of drug-likeness (QED) is 0.304. The predicted octanol–water partition coefficient (Wildman–Crippen LogP) is 7.53. The molecule has 1 nitrogen and oxygen atoms in total. The highest BCUT2D eigenvalue weighted by molar-refractivity contribution is 9.11. The summed E-state index contributed by atoms with van der Waals surface area (Å²) < 4.78 is 3.18. The molecule has 0 atom stereocenters. The summed E-state index contributed by atoms with van der Waals surface area (Å²) in [6.07, 6.45) is 4.13. The maximum absolute atomic E-state index is 3.93. The van der Waals surface area contributed by atoms with E-state index in [0.29, 0.717) is 0 Å². The van der Waals surface area contributed by atoms with Gasteiger partial charge in [0.2, 0.25) is 0 Å². The molecule has 0 saturated carbocycles. The summed E-state index contributed by atoms with van der Waals surface area (Å²) in [7, 11) is 0. The predicted molar refractivity (Wildman–Crippen MR) is 121 cm³/mol. The van der Waals surface area contributed by atoms with Crippen LogP contribution < -0.4 is 0 Å². The van der Waals surface area contributed by atoms with Crippen LogP contribution in [0, 0.1) is 6.92 Å². The third kappa shape index (κ3) is 3.41. The molecule has 0 amide bonds. The molecule has 27 heavy (non-hydrogen) atoms. The van der Waals surface area contributed by atoms with Crippen LogP contribution in [0.3, 0.4) is 0 Å². The van der Waals surface area contributed by atoms with Crippen molar-refractivity contribution in [3.05, 3.63) is 107 Å². The first-order chi connectivity index (χ1) is 13.1. The number of aryl methyl sites for hydroxylation is 1. The molecule has 4 rings (SSSR count). The standard InChI is InChI=1S/C25H20BrN/c1-18(26)15-16-24-19(2)23-13-6-7-14-25(23)27(24)22-12-8-11-21(17-22)20-9-4-3-5-10-20/h3-17H,1H2,2H3/b16-15-. The SMILES string of the molecule is C=C(Br)/C=C\c1c(C)c2ccccc2n1-c1cccc(-c2ccccc2)c1. The Morgan fingerprint density at radius 3 is 2.37 bits per heavy atom. The van der Waals surface area contributed by atoms with Crippen LogP contribution in [0.2, 0.25) is 0 Å². The van der Waals surface area contributed by atoms with E-state index in [1.54, 1.807) is 0 Å². The lowest BCUT2D eigenvalue weighted by Gasteiger charge is -2.11. The number of hydrogen-bond donors (Lipinski definition) is 0. The molecule has 1 aromatic heterocycles. The summed E-state index contributed by atoms with van der Waals surface area (Å²) in [5, 5.41) is 1.27. The van der Waals surface area contributed by atoms with Gasteiger partial charge in [0.15, 0.2) is 0 Å². The van der Waals surface area contributed by atoms with Crippen LogP contribution in [-0.2, 0) is 0 Å². The Bertz CT molecular complexity index is 1150. The van der Waals surface area contributed by atoms with Crippen LogP contribution >= 0.6 is 15.9 Å². The fourth-order valence-electron chi connectivity index (χ4n) is 3.52. The number of para-hydroxylation sites is 1. The molecule has 0 aliphatic carbocycles. The van der Waals surface area contributed by atoms with Gasteiger partial charge in [0.05, 0.1) is 5.52 Å². The average molecular weight is 414 g/mol. The molecule has 0 spiro atoms. The minimum atomic E-state index is 0.858. The van der Waals surface area contributed by atoms with Crippen molar-refractivity contribution >= 4 is 32.9 Å². The Balaban J connectivity index is 1.96. The van der Waals surface area contributed by atoms with Gasteiger partial charge in [-0.05, 0) is 54.0 Å². The number of fused-ring (bicyclic) bond motifs is 1. The number of aromatic nitrogens is 1. The lowest BCUT2D eigenvalue weighted by molar-refractivity contribution is 1.10. The van der Waals surface area contributed by atoms with Crippen LogP contribution in [0.15, 0.2) is 96.0 Å². The second kappa shape index (κ2) is 7.42. The van der Waals surface area contributed by atoms with E-state index in [9.17, 15) is 0 Å². The van der Waals surface area contributed by atoms with Crippen LogP contribution in [-0.4, -0.2) is 4.57 Å². The second-order valence-electron chi connectivity index (χ2n) is 6.56. The molecule has 0 fully saturated rings. The monoisotopic (exact) mass is 413 g/mol. The molecule has 2 heteroatoms. The van der Waals surface area contributed by atoms with Crippen molar-refractivity contribution in [2.75, 3.05) is 0 Å². The topological polar surface area (TPSA) is 4.93 Å². The fraction of sp³-hybridized carbons (Fsp3) is 0.0400. The highest BCUT2D eigenvalue weighted by atomic mass is 79.9. The normalized spacial score (nSPS) is 11.3. The van der Waals surface area contributed by atoms with Gasteiger partial charge >= 0.3 is 0 Å². The van der Waals surface area contributed by atoms with Crippen LogP contribution in [0.25, 0.3) is 33.8 Å². The van der Waals surface area contributed by atoms with E-state index in [1.165, 1.54) is 33.3 Å². The number of halogens is 1. The fourth-order valence-corrected chi connectivity index (χ4v) is 3.66. The van der Waals surface area contributed by atoms with E-state index in [1.807, 2.05) is 12.1 Å². The van der Waals surface area contributed by atoms with Crippen molar-refractivity contribution in [3.8, 4) is 16.8 Å². The summed E-state index contributed by atoms with van der Waals surface area (Å²) in [5.41, 5.74) is 7.23. The zero-order valence-corrected chi connectivity index (χ0v) is 16.8. The lowest BCUT2D eigenvalue weighted by Crippen LogP contribution is -1.97. The van der Waals surface area contributed by atoms with Gasteiger partial charge in [-0.2, -0.15) is 0 Å². The number of nitrogens with zero attached hydrogens (tertiary/aromatic N) is 1. The lowest BCUT2D eigenvalue weighted by atomic mass is 10.1. The molecule has 0 bridgehead atoms. The van der Waals surface area contributed by atoms with Crippen LogP contribution in [0.1, 0.15) is 11.3 Å². The second-order valence-corrected chi connectivity index (χ2v) is 7.58. The Kier molecular flexibility index (Phi) is 4.83. The molecule has 1 heterocycles. The van der Waals surface area contributed by atoms with E-state index < -0.39 is 0 Å². The highest BCUT2D eigenvalue weighted by Crippen LogP contribution is 2.32. The van der Waals surface area contributed by atoms with Crippen molar-refractivity contribution in [2.24, 2.45) is 0 Å². The Morgan fingerprint density at radius 2 is 1.59 bits per heavy atom. The van der Waals surface area contributed by atoms with E-state index in [-0.39, 0.29) is 0 Å². The largest absolute Gasteiger partial charge is 0.310 e. The highest BCUT2D eigenvalue weighted by Gasteiger charge is 2.13. The van der Waals surface area contributed by atoms with Gasteiger partial charge in [-0.3, -0.25) is 0 Å². The molecule has 0 saturated heterocycles. The van der Waals surface area contributed by atoms with E-state index >= 15 is 0 Å². The van der Waals surface area contributed by atoms with E-state index in [0.717, 1.165) is 10.2 Å². The maximum atomic E-state index is 3.93. The van der Waals surface area contributed by atoms with Crippen molar-refractivity contribution in [1.29, 1.82) is 0 Å². The zero-order valence-electron chi connectivity index (χ0n) is 15.2. The van der Waals surface area contributed by atoms with Crippen molar-refractivity contribution in [2.45, 2.75) is 6.92 Å². The summed E-state index contributed by atoms with van der Waals surface area (Å²) in [6, 6.07) is 27.7. The third-order valence-electron chi connectivity index (χ3n) is 4.81. The van der Waals surface area contributed by atoms with E-state index in [4.69, 9.17) is 0 Å². The van der Waals surface area contributed by atoms with Crippen molar-refractivity contribution in [3.63, 3.8) is 0 Å². The van der Waals surface area contributed by atoms with Crippen molar-refractivity contribution in [1.82, 2.24) is 4.57 Å². The molecular formula is C25H20BrN. The van der Waals surface area contributed by atoms with Gasteiger partial charge in [-0.15, -0.1) is 0 Å². The van der Waals surface area contributed by atoms with Gasteiger partial charge in [0.1, 0.15) is 0 Å². The first-order valence-corrected chi connectivity index (χ1v) is 9.73. The average Bonchev–Trinajstić information content (AvgIpc) is 2.99. The molecule has 0 N–H and O–H groups in total. The zero-order chi connectivity index (χ0) is 18.8. The van der Waals surface area contributed by atoms with Gasteiger partial charge < -0.3 is 4.57 Å². The number of allylic oxidation sites excluding steroid dienone is 2. The smallest absolute Gasteiger partial charge is 0.0537 e. The molecule has 0 aliphatic heterocycles. The molecular weight excluding hydrogens is 394 g/mol. The Labute approximate surface area is 168 Å². The summed E-state index contributed by atoms with van der Waals surface area (Å²) in [4.78, 5) is 0. The van der Waals surface area contributed by atoms with Crippen molar-refractivity contribution < 1.29 is 0 Å². The summed E-state index contributed by atoms with van der Waals surface area (Å²) >= 11 is 3.43. The van der Waals surface area contributed by atoms with Crippen LogP contribution in [0.5, 0.6) is 0 Å². The number of hydrogen-bond acceptors (Lipinski definition) is 0. The van der Waals surface area contributed by atoms with Gasteiger partial charge in [-0.25, -0.2) is 0 Å². The van der Waals surface area contributed by atoms with Gasteiger partial charge in [0.25, 0.3) is 0 Å². The molecule has 0 aliphatic rings. The summed E-state index contributed by atoms with van der Waals surface area (Å²) in [6.45, 7) is 6.11. The summed E-state index contributed by atoms with van der Waals surface area (Å²) in [5.74, 6) is 0. The first-order valence-electron chi connectivity index (χ1n) is 8.93. The molecule has 4 aromatic rings. The number of benzene rings is 3. The molecule has 132 valence electrons. The minimum Gasteiger partial charge on any atom is -0.310 e. The first kappa shape index (κ1) is 17.6. The Morgan fingerprint density at radius 1 is 0.889 bits per heavy atom. The third-order valence-corrected chi connectivity index (χ3v) is 5.07. The van der Waals surface area contributed by atoms with Gasteiger partial charge in [0, 0.05) is 21.2 Å². The van der Waals surface area contributed by atoms with Gasteiger partial charge in [-0.1, -0.05) is 83.2 Å². The maximum Gasteiger partial charge on any atom is 0.0537 e. The van der Waals surface area contributed by atoms with E-state index in [2.05, 4.69) is 113 Å². The van der Waals surface area contributed by atoms with Crippen LogP contribution in [0.4, 0.5) is 0 Å². The molecule has 0 radical (unpaired) electrons.